The predicted molar refractivity (Wildman–Crippen MR) is 112 cm³/mol. The van der Waals surface area contributed by atoms with E-state index in [1.807, 2.05) is 31.4 Å². The summed E-state index contributed by atoms with van der Waals surface area (Å²) in [6, 6.07) is 9.90. The van der Waals surface area contributed by atoms with Crippen LogP contribution in [0.2, 0.25) is 0 Å². The zero-order valence-electron chi connectivity index (χ0n) is 15.7. The minimum atomic E-state index is -0.240. The van der Waals surface area contributed by atoms with Crippen LogP contribution in [0.15, 0.2) is 54.2 Å². The van der Waals surface area contributed by atoms with Gasteiger partial charge in [-0.2, -0.15) is 0 Å². The van der Waals surface area contributed by atoms with Gasteiger partial charge in [-0.1, -0.05) is 0 Å². The first-order valence-electron chi connectivity index (χ1n) is 8.82. The van der Waals surface area contributed by atoms with Gasteiger partial charge in [-0.05, 0) is 49.2 Å². The van der Waals surface area contributed by atoms with Crippen LogP contribution in [0.5, 0.6) is 11.8 Å². The third-order valence-corrected chi connectivity index (χ3v) is 5.30. The molecule has 8 heteroatoms. The van der Waals surface area contributed by atoms with Crippen LogP contribution in [-0.2, 0) is 0 Å². The van der Waals surface area contributed by atoms with Crippen LogP contribution in [0.1, 0.15) is 21.5 Å². The van der Waals surface area contributed by atoms with E-state index >= 15 is 0 Å². The molecule has 0 aliphatic carbocycles. The van der Waals surface area contributed by atoms with Gasteiger partial charge in [0.15, 0.2) is 16.9 Å². The number of rotatable bonds is 4. The minimum absolute atomic E-state index is 0.0381. The van der Waals surface area contributed by atoms with Crippen LogP contribution in [0, 0.1) is 13.8 Å². The highest BCUT2D eigenvalue weighted by Gasteiger charge is 2.16. The van der Waals surface area contributed by atoms with Crippen LogP contribution in [0.4, 0.5) is 5.13 Å². The Balaban J connectivity index is 1.64. The third-order valence-electron chi connectivity index (χ3n) is 4.54. The summed E-state index contributed by atoms with van der Waals surface area (Å²) in [6.45, 7) is 3.88. The molecule has 0 spiro atoms. The first-order chi connectivity index (χ1) is 13.9. The van der Waals surface area contributed by atoms with Gasteiger partial charge in [-0.3, -0.25) is 19.7 Å². The van der Waals surface area contributed by atoms with E-state index in [0.717, 1.165) is 22.4 Å². The average molecular weight is 406 g/mol. The molecule has 7 nitrogen and oxygen atoms in total. The van der Waals surface area contributed by atoms with Crippen molar-refractivity contribution in [2.75, 3.05) is 5.32 Å². The quantitative estimate of drug-likeness (QED) is 0.470. The topological polar surface area (TPSA) is 100 Å². The number of hydrogen-bond acceptors (Lipinski definition) is 6. The maximum absolute atomic E-state index is 12.3. The SMILES string of the molecule is Cc1cc(-n2c(O)ccc2O)cc(C)c1-c1csc(NC(=O)c2ccncc2)n1. The number of nitrogens with one attached hydrogen (secondary N) is 1. The monoisotopic (exact) mass is 406 g/mol. The molecular formula is C21H18N4O3S. The van der Waals surface area contributed by atoms with Crippen molar-refractivity contribution in [1.82, 2.24) is 14.5 Å². The van der Waals surface area contributed by atoms with E-state index in [0.29, 0.717) is 16.4 Å². The van der Waals surface area contributed by atoms with Crippen molar-refractivity contribution in [1.29, 1.82) is 0 Å². The number of aromatic nitrogens is 3. The molecular weight excluding hydrogens is 388 g/mol. The molecule has 0 fully saturated rings. The highest BCUT2D eigenvalue weighted by atomic mass is 32.1. The lowest BCUT2D eigenvalue weighted by Crippen LogP contribution is -2.11. The highest BCUT2D eigenvalue weighted by Crippen LogP contribution is 2.34. The summed E-state index contributed by atoms with van der Waals surface area (Å²) >= 11 is 1.35. The Morgan fingerprint density at radius 1 is 1.03 bits per heavy atom. The molecule has 0 bridgehead atoms. The molecule has 29 heavy (non-hydrogen) atoms. The van der Waals surface area contributed by atoms with Crippen LogP contribution in [-0.4, -0.2) is 30.7 Å². The lowest BCUT2D eigenvalue weighted by Gasteiger charge is -2.13. The second-order valence-electron chi connectivity index (χ2n) is 6.57. The number of aryl methyl sites for hydroxylation is 2. The lowest BCUT2D eigenvalue weighted by molar-refractivity contribution is 0.102. The number of anilines is 1. The Hall–Kier alpha value is -3.65. The summed E-state index contributed by atoms with van der Waals surface area (Å²) in [6.07, 6.45) is 3.13. The largest absolute Gasteiger partial charge is 0.494 e. The fraction of sp³-hybridized carbons (Fsp3) is 0.0952. The number of benzene rings is 1. The highest BCUT2D eigenvalue weighted by molar-refractivity contribution is 7.14. The molecule has 0 aliphatic rings. The van der Waals surface area contributed by atoms with E-state index in [4.69, 9.17) is 0 Å². The Morgan fingerprint density at radius 3 is 2.28 bits per heavy atom. The second kappa shape index (κ2) is 7.40. The van der Waals surface area contributed by atoms with Gasteiger partial charge in [0.25, 0.3) is 5.91 Å². The number of carbonyl (C=O) groups excluding carboxylic acids is 1. The van der Waals surface area contributed by atoms with Crippen molar-refractivity contribution in [3.05, 3.63) is 70.9 Å². The number of pyridine rings is 1. The van der Waals surface area contributed by atoms with Crippen molar-refractivity contribution in [3.63, 3.8) is 0 Å². The Kier molecular flexibility index (Phi) is 4.77. The van der Waals surface area contributed by atoms with E-state index < -0.39 is 0 Å². The summed E-state index contributed by atoms with van der Waals surface area (Å²) in [7, 11) is 0. The van der Waals surface area contributed by atoms with Crippen LogP contribution in [0.3, 0.4) is 0 Å². The number of carbonyl (C=O) groups is 1. The molecule has 0 saturated carbocycles. The number of aromatic hydroxyl groups is 2. The fourth-order valence-corrected chi connectivity index (χ4v) is 3.97. The molecule has 3 aromatic heterocycles. The number of hydrogen-bond donors (Lipinski definition) is 3. The van der Waals surface area contributed by atoms with Crippen molar-refractivity contribution in [2.45, 2.75) is 13.8 Å². The molecule has 1 aromatic carbocycles. The van der Waals surface area contributed by atoms with Crippen molar-refractivity contribution < 1.29 is 15.0 Å². The molecule has 0 saturated heterocycles. The van der Waals surface area contributed by atoms with Gasteiger partial charge in [0.2, 0.25) is 0 Å². The minimum Gasteiger partial charge on any atom is -0.494 e. The molecule has 0 radical (unpaired) electrons. The van der Waals surface area contributed by atoms with Crippen LogP contribution in [0.25, 0.3) is 16.9 Å². The number of amides is 1. The Bertz CT molecular complexity index is 1160. The molecule has 1 amide bonds. The average Bonchev–Trinajstić information content (AvgIpc) is 3.28. The van der Waals surface area contributed by atoms with E-state index in [1.165, 1.54) is 28.0 Å². The zero-order valence-corrected chi connectivity index (χ0v) is 16.6. The molecule has 0 aliphatic heterocycles. The molecule has 4 aromatic rings. The molecule has 0 unspecified atom stereocenters. The first-order valence-corrected chi connectivity index (χ1v) is 9.70. The van der Waals surface area contributed by atoms with E-state index in [2.05, 4.69) is 15.3 Å². The van der Waals surface area contributed by atoms with Crippen molar-refractivity contribution in [3.8, 4) is 28.7 Å². The summed E-state index contributed by atoms with van der Waals surface area (Å²) in [5, 5.41) is 25.2. The first kappa shape index (κ1) is 18.7. The summed E-state index contributed by atoms with van der Waals surface area (Å²) in [4.78, 5) is 20.8. The molecule has 146 valence electrons. The maximum Gasteiger partial charge on any atom is 0.257 e. The maximum atomic E-state index is 12.3. The molecule has 3 N–H and O–H groups in total. The fourth-order valence-electron chi connectivity index (χ4n) is 3.27. The summed E-state index contributed by atoms with van der Waals surface area (Å²) in [5.41, 5.74) is 4.74. The van der Waals surface area contributed by atoms with Crippen LogP contribution >= 0.6 is 11.3 Å². The number of thiazole rings is 1. The standard InChI is InChI=1S/C21H18N4O3S/c1-12-9-15(25-17(26)3-4-18(25)27)10-13(2)19(12)16-11-29-21(23-16)24-20(28)14-5-7-22-8-6-14/h3-11,26-27H,1-2H3,(H,23,24,28). The van der Waals surface area contributed by atoms with Gasteiger partial charge >= 0.3 is 0 Å². The normalized spacial score (nSPS) is 10.8. The van der Waals surface area contributed by atoms with Crippen molar-refractivity contribution in [2.24, 2.45) is 0 Å². The molecule has 3 heterocycles. The van der Waals surface area contributed by atoms with Gasteiger partial charge in [0.1, 0.15) is 0 Å². The second-order valence-corrected chi connectivity index (χ2v) is 7.43. The van der Waals surface area contributed by atoms with E-state index in [9.17, 15) is 15.0 Å². The molecule has 4 rings (SSSR count). The number of nitrogens with zero attached hydrogens (tertiary/aromatic N) is 3. The Labute approximate surface area is 170 Å². The smallest absolute Gasteiger partial charge is 0.257 e. The Morgan fingerprint density at radius 2 is 1.66 bits per heavy atom. The van der Waals surface area contributed by atoms with Gasteiger partial charge < -0.3 is 10.2 Å². The summed E-state index contributed by atoms with van der Waals surface area (Å²) in [5.74, 6) is -0.316. The third kappa shape index (κ3) is 3.57. The lowest BCUT2D eigenvalue weighted by atomic mass is 9.99. The van der Waals surface area contributed by atoms with Crippen LogP contribution < -0.4 is 5.32 Å². The van der Waals surface area contributed by atoms with E-state index in [-0.39, 0.29) is 17.7 Å². The molecule has 0 atom stereocenters. The van der Waals surface area contributed by atoms with Gasteiger partial charge in [0.05, 0.1) is 11.4 Å². The van der Waals surface area contributed by atoms with E-state index in [1.54, 1.807) is 24.5 Å². The predicted octanol–water partition coefficient (Wildman–Crippen LogP) is 4.28. The summed E-state index contributed by atoms with van der Waals surface area (Å²) < 4.78 is 1.37. The van der Waals surface area contributed by atoms with Crippen molar-refractivity contribution >= 4 is 22.4 Å². The van der Waals surface area contributed by atoms with Gasteiger partial charge in [-0.25, -0.2) is 4.98 Å². The zero-order chi connectivity index (χ0) is 20.5. The van der Waals surface area contributed by atoms with Gasteiger partial charge in [-0.15, -0.1) is 11.3 Å². The van der Waals surface area contributed by atoms with Gasteiger partial charge in [0, 0.05) is 41.0 Å².